The second-order valence-corrected chi connectivity index (χ2v) is 4.19. The summed E-state index contributed by atoms with van der Waals surface area (Å²) in [6.07, 6.45) is 2.11. The highest BCUT2D eigenvalue weighted by molar-refractivity contribution is 5.33. The quantitative estimate of drug-likeness (QED) is 0.755. The number of halogens is 1. The average molecular weight is 234 g/mol. The molecule has 0 atom stereocenters. The number of nitriles is 1. The van der Waals surface area contributed by atoms with Crippen molar-refractivity contribution in [3.63, 3.8) is 0 Å². The van der Waals surface area contributed by atoms with Crippen molar-refractivity contribution in [3.05, 3.63) is 35.1 Å². The molecule has 0 saturated carbocycles. The molecule has 0 saturated heterocycles. The molecule has 0 unspecified atom stereocenters. The largest absolute Gasteiger partial charge is 0.299 e. The third-order valence-corrected chi connectivity index (χ3v) is 2.65. The third-order valence-electron chi connectivity index (χ3n) is 2.65. The number of hydrogen-bond donors (Lipinski definition) is 0. The molecule has 0 fully saturated rings. The van der Waals surface area contributed by atoms with Gasteiger partial charge < -0.3 is 0 Å². The zero-order valence-corrected chi connectivity index (χ0v) is 10.5. The Labute approximate surface area is 103 Å². The van der Waals surface area contributed by atoms with Crippen molar-refractivity contribution in [3.8, 4) is 6.07 Å². The van der Waals surface area contributed by atoms with Gasteiger partial charge in [-0.15, -0.1) is 0 Å². The summed E-state index contributed by atoms with van der Waals surface area (Å²) in [5.41, 5.74) is 1.14. The minimum atomic E-state index is -0.221. The fraction of sp³-hybridized carbons (Fsp3) is 0.500. The highest BCUT2D eigenvalue weighted by Crippen LogP contribution is 2.13. The summed E-state index contributed by atoms with van der Waals surface area (Å²) in [7, 11) is 0. The van der Waals surface area contributed by atoms with E-state index < -0.39 is 0 Å². The predicted molar refractivity (Wildman–Crippen MR) is 67.0 cm³/mol. The van der Waals surface area contributed by atoms with Gasteiger partial charge in [-0.1, -0.05) is 13.8 Å². The van der Waals surface area contributed by atoms with E-state index in [-0.39, 0.29) is 5.82 Å². The summed E-state index contributed by atoms with van der Waals surface area (Å²) in [5.74, 6) is -0.221. The molecule has 1 aromatic carbocycles. The normalized spacial score (nSPS) is 10.5. The van der Waals surface area contributed by atoms with Gasteiger partial charge in [0.2, 0.25) is 0 Å². The van der Waals surface area contributed by atoms with Crippen molar-refractivity contribution in [2.24, 2.45) is 0 Å². The Morgan fingerprint density at radius 3 is 2.41 bits per heavy atom. The Kier molecular flexibility index (Phi) is 5.65. The first-order chi connectivity index (χ1) is 8.21. The van der Waals surface area contributed by atoms with Crippen LogP contribution in [0.25, 0.3) is 0 Å². The lowest BCUT2D eigenvalue weighted by Crippen LogP contribution is -2.25. The molecule has 0 aliphatic carbocycles. The number of hydrogen-bond acceptors (Lipinski definition) is 2. The maximum atomic E-state index is 13.6. The van der Waals surface area contributed by atoms with Crippen LogP contribution in [0.1, 0.15) is 37.8 Å². The molecule has 1 aromatic rings. The Morgan fingerprint density at radius 2 is 1.88 bits per heavy atom. The molecular weight excluding hydrogens is 215 g/mol. The van der Waals surface area contributed by atoms with Crippen LogP contribution in [0.3, 0.4) is 0 Å². The van der Waals surface area contributed by atoms with Crippen molar-refractivity contribution in [2.75, 3.05) is 13.1 Å². The molecule has 0 amide bonds. The second kappa shape index (κ2) is 7.03. The second-order valence-electron chi connectivity index (χ2n) is 4.19. The summed E-state index contributed by atoms with van der Waals surface area (Å²) in [6, 6.07) is 6.59. The molecule has 0 aliphatic heterocycles. The van der Waals surface area contributed by atoms with Crippen LogP contribution in [0.15, 0.2) is 18.2 Å². The van der Waals surface area contributed by atoms with Gasteiger partial charge >= 0.3 is 0 Å². The van der Waals surface area contributed by atoms with Gasteiger partial charge in [-0.25, -0.2) is 4.39 Å². The van der Waals surface area contributed by atoms with E-state index in [2.05, 4.69) is 18.7 Å². The van der Waals surface area contributed by atoms with E-state index in [9.17, 15) is 4.39 Å². The molecule has 2 nitrogen and oxygen atoms in total. The highest BCUT2D eigenvalue weighted by Gasteiger charge is 2.08. The Morgan fingerprint density at radius 1 is 1.24 bits per heavy atom. The molecule has 0 aliphatic rings. The average Bonchev–Trinajstić information content (AvgIpc) is 2.32. The Bertz CT molecular complexity index is 390. The summed E-state index contributed by atoms with van der Waals surface area (Å²) in [6.45, 7) is 6.74. The first kappa shape index (κ1) is 13.7. The fourth-order valence-corrected chi connectivity index (χ4v) is 1.91. The molecule has 0 radical (unpaired) electrons. The molecule has 1 rings (SSSR count). The van der Waals surface area contributed by atoms with Crippen molar-refractivity contribution in [2.45, 2.75) is 33.2 Å². The van der Waals surface area contributed by atoms with Crippen LogP contribution in [0.4, 0.5) is 4.39 Å². The third kappa shape index (κ3) is 4.16. The monoisotopic (exact) mass is 234 g/mol. The van der Waals surface area contributed by atoms with Crippen LogP contribution < -0.4 is 0 Å². The van der Waals surface area contributed by atoms with Gasteiger partial charge in [-0.3, -0.25) is 4.90 Å². The first-order valence-electron chi connectivity index (χ1n) is 6.12. The molecule has 0 N–H and O–H groups in total. The van der Waals surface area contributed by atoms with E-state index in [1.165, 1.54) is 12.1 Å². The molecule has 3 heteroatoms. The van der Waals surface area contributed by atoms with E-state index in [0.29, 0.717) is 17.7 Å². The van der Waals surface area contributed by atoms with Crippen LogP contribution in [0.2, 0.25) is 0 Å². The van der Waals surface area contributed by atoms with Crippen molar-refractivity contribution >= 4 is 0 Å². The lowest BCUT2D eigenvalue weighted by Gasteiger charge is -2.21. The van der Waals surface area contributed by atoms with Crippen LogP contribution in [0.5, 0.6) is 0 Å². The minimum absolute atomic E-state index is 0.221. The van der Waals surface area contributed by atoms with Crippen LogP contribution in [0, 0.1) is 17.1 Å². The number of rotatable bonds is 6. The predicted octanol–water partition coefficient (Wildman–Crippen LogP) is 3.32. The summed E-state index contributed by atoms with van der Waals surface area (Å²) >= 11 is 0. The van der Waals surface area contributed by atoms with Crippen molar-refractivity contribution in [1.82, 2.24) is 4.90 Å². The molecule has 0 aromatic heterocycles. The molecular formula is C14H19FN2. The SMILES string of the molecule is CCCN(CCC)Cc1cc(C#N)ccc1F. The van der Waals surface area contributed by atoms with Gasteiger partial charge in [-0.2, -0.15) is 5.26 Å². The smallest absolute Gasteiger partial charge is 0.127 e. The van der Waals surface area contributed by atoms with E-state index in [4.69, 9.17) is 5.26 Å². The highest BCUT2D eigenvalue weighted by atomic mass is 19.1. The Balaban J connectivity index is 2.80. The topological polar surface area (TPSA) is 27.0 Å². The van der Waals surface area contributed by atoms with Gasteiger partial charge in [0.1, 0.15) is 5.82 Å². The van der Waals surface area contributed by atoms with Crippen LogP contribution in [-0.4, -0.2) is 18.0 Å². The van der Waals surface area contributed by atoms with Gasteiger partial charge in [0.25, 0.3) is 0 Å². The number of benzene rings is 1. The molecule has 0 heterocycles. The van der Waals surface area contributed by atoms with Gasteiger partial charge in [0.15, 0.2) is 0 Å². The van der Waals surface area contributed by atoms with Gasteiger partial charge in [-0.05, 0) is 44.1 Å². The molecule has 92 valence electrons. The maximum absolute atomic E-state index is 13.6. The zero-order valence-electron chi connectivity index (χ0n) is 10.5. The van der Waals surface area contributed by atoms with Crippen LogP contribution >= 0.6 is 0 Å². The van der Waals surface area contributed by atoms with E-state index in [0.717, 1.165) is 25.9 Å². The van der Waals surface area contributed by atoms with Gasteiger partial charge in [0.05, 0.1) is 11.6 Å². The van der Waals surface area contributed by atoms with Crippen molar-refractivity contribution < 1.29 is 4.39 Å². The van der Waals surface area contributed by atoms with E-state index in [1.54, 1.807) is 6.07 Å². The van der Waals surface area contributed by atoms with Crippen LogP contribution in [-0.2, 0) is 6.54 Å². The summed E-state index contributed by atoms with van der Waals surface area (Å²) < 4.78 is 13.6. The number of nitrogens with zero attached hydrogens (tertiary/aromatic N) is 2. The molecule has 17 heavy (non-hydrogen) atoms. The Hall–Kier alpha value is -1.40. The van der Waals surface area contributed by atoms with Crippen molar-refractivity contribution in [1.29, 1.82) is 5.26 Å². The standard InChI is InChI=1S/C14H19FN2/c1-3-7-17(8-4-2)11-13-9-12(10-16)5-6-14(13)15/h5-6,9H,3-4,7-8,11H2,1-2H3. The van der Waals surface area contributed by atoms with E-state index >= 15 is 0 Å². The van der Waals surface area contributed by atoms with Gasteiger partial charge in [0, 0.05) is 12.1 Å². The lowest BCUT2D eigenvalue weighted by molar-refractivity contribution is 0.263. The zero-order chi connectivity index (χ0) is 12.7. The van der Waals surface area contributed by atoms with E-state index in [1.807, 2.05) is 6.07 Å². The lowest BCUT2D eigenvalue weighted by atomic mass is 10.1. The minimum Gasteiger partial charge on any atom is -0.299 e. The molecule has 0 spiro atoms. The first-order valence-corrected chi connectivity index (χ1v) is 6.12. The fourth-order valence-electron chi connectivity index (χ4n) is 1.91. The molecule has 0 bridgehead atoms. The summed E-state index contributed by atoms with van der Waals surface area (Å²) in [4.78, 5) is 2.22. The summed E-state index contributed by atoms with van der Waals surface area (Å²) in [5, 5.41) is 8.81. The maximum Gasteiger partial charge on any atom is 0.127 e.